The number of hydrogen-bond donors (Lipinski definition) is 3. The molecule has 0 spiro atoms. The molecule has 0 saturated carbocycles. The average molecular weight is 555 g/mol. The number of nitrogens with zero attached hydrogens (tertiary/aromatic N) is 3. The summed E-state index contributed by atoms with van der Waals surface area (Å²) < 4.78 is 5.47. The van der Waals surface area contributed by atoms with Crippen LogP contribution in [0.4, 0.5) is 9.93 Å². The number of ether oxygens (including phenoxy) is 1. The second-order valence-corrected chi connectivity index (χ2v) is 11.9. The number of anilines is 1. The summed E-state index contributed by atoms with van der Waals surface area (Å²) in [7, 11) is 0. The number of nitrogens with one attached hydrogen (secondary N) is 3. The van der Waals surface area contributed by atoms with E-state index in [-0.39, 0.29) is 36.4 Å². The van der Waals surface area contributed by atoms with Gasteiger partial charge in [0, 0.05) is 35.6 Å². The molecule has 3 amide bonds. The second kappa shape index (κ2) is 13.4. The van der Waals surface area contributed by atoms with Crippen LogP contribution in [0.2, 0.25) is 0 Å². The van der Waals surface area contributed by atoms with Gasteiger partial charge >= 0.3 is 6.09 Å². The molecule has 1 fully saturated rings. The minimum atomic E-state index is -0.714. The lowest BCUT2D eigenvalue weighted by atomic mass is 10.0. The number of piperidine rings is 1. The van der Waals surface area contributed by atoms with E-state index in [9.17, 15) is 14.4 Å². The topological polar surface area (TPSA) is 136 Å². The van der Waals surface area contributed by atoms with Crippen molar-refractivity contribution in [3.8, 4) is 17.3 Å². The van der Waals surface area contributed by atoms with E-state index in [4.69, 9.17) is 15.0 Å². The maximum Gasteiger partial charge on any atom is 0.410 e. The number of aromatic nitrogens is 1. The molecule has 210 valence electrons. The normalized spacial score (nSPS) is 14.8. The molecular weight excluding hydrogens is 516 g/mol. The predicted octanol–water partition coefficient (Wildman–Crippen LogP) is 4.41. The molecule has 0 radical (unpaired) electrons. The summed E-state index contributed by atoms with van der Waals surface area (Å²) in [5, 5.41) is 20.3. The second-order valence-electron chi connectivity index (χ2n) is 11.0. The number of nitriles is 1. The highest BCUT2D eigenvalue weighted by Crippen LogP contribution is 2.27. The zero-order valence-corrected chi connectivity index (χ0v) is 24.1. The van der Waals surface area contributed by atoms with E-state index in [1.165, 1.54) is 11.3 Å². The van der Waals surface area contributed by atoms with Crippen molar-refractivity contribution in [2.24, 2.45) is 5.92 Å². The third-order valence-electron chi connectivity index (χ3n) is 6.09. The Labute approximate surface area is 234 Å². The summed E-state index contributed by atoms with van der Waals surface area (Å²) in [6.45, 7) is 10.7. The molecule has 3 N–H and O–H groups in total. The molecule has 0 aliphatic carbocycles. The monoisotopic (exact) mass is 554 g/mol. The Kier molecular flexibility index (Phi) is 10.3. The van der Waals surface area contributed by atoms with Gasteiger partial charge in [-0.25, -0.2) is 9.78 Å². The van der Waals surface area contributed by atoms with E-state index in [0.717, 1.165) is 29.2 Å². The molecule has 2 heterocycles. The first-order valence-electron chi connectivity index (χ1n) is 13.2. The molecule has 0 unspecified atom stereocenters. The molecular formula is C28H38N6O4S. The van der Waals surface area contributed by atoms with Crippen molar-refractivity contribution in [3.05, 3.63) is 35.2 Å². The van der Waals surface area contributed by atoms with Gasteiger partial charge in [-0.15, -0.1) is 11.3 Å². The van der Waals surface area contributed by atoms with Crippen LogP contribution in [0.25, 0.3) is 11.3 Å². The highest BCUT2D eigenvalue weighted by Gasteiger charge is 2.27. The van der Waals surface area contributed by atoms with Crippen LogP contribution in [0.3, 0.4) is 0 Å². The molecule has 10 nitrogen and oxygen atoms in total. The molecule has 3 rings (SSSR count). The van der Waals surface area contributed by atoms with E-state index >= 15 is 0 Å². The van der Waals surface area contributed by atoms with Crippen LogP contribution in [0, 0.1) is 17.2 Å². The Morgan fingerprint density at radius 2 is 1.85 bits per heavy atom. The number of thiazole rings is 1. The van der Waals surface area contributed by atoms with Crippen molar-refractivity contribution >= 4 is 34.4 Å². The summed E-state index contributed by atoms with van der Waals surface area (Å²) in [4.78, 5) is 43.9. The Morgan fingerprint density at radius 1 is 1.18 bits per heavy atom. The highest BCUT2D eigenvalue weighted by molar-refractivity contribution is 7.14. The van der Waals surface area contributed by atoms with Crippen molar-refractivity contribution in [1.82, 2.24) is 20.5 Å². The van der Waals surface area contributed by atoms with Crippen LogP contribution < -0.4 is 16.0 Å². The molecule has 11 heteroatoms. The molecule has 0 bridgehead atoms. The van der Waals surface area contributed by atoms with Crippen molar-refractivity contribution in [1.29, 1.82) is 5.26 Å². The smallest absolute Gasteiger partial charge is 0.410 e. The fourth-order valence-corrected chi connectivity index (χ4v) is 4.96. The lowest BCUT2D eigenvalue weighted by Gasteiger charge is -2.33. The predicted molar refractivity (Wildman–Crippen MR) is 151 cm³/mol. The lowest BCUT2D eigenvalue weighted by Crippen LogP contribution is -2.47. The van der Waals surface area contributed by atoms with Gasteiger partial charge in [-0.1, -0.05) is 26.0 Å². The van der Waals surface area contributed by atoms with E-state index < -0.39 is 11.6 Å². The van der Waals surface area contributed by atoms with Crippen molar-refractivity contribution in [2.75, 3.05) is 25.0 Å². The van der Waals surface area contributed by atoms with E-state index in [1.807, 2.05) is 58.2 Å². The molecule has 1 aliphatic rings. The Bertz CT molecular complexity index is 1170. The van der Waals surface area contributed by atoms with Crippen LogP contribution in [-0.2, 0) is 9.53 Å². The largest absolute Gasteiger partial charge is 0.444 e. The van der Waals surface area contributed by atoms with Gasteiger partial charge in [0.05, 0.1) is 11.8 Å². The zero-order chi connectivity index (χ0) is 28.6. The fraction of sp³-hybridized carbons (Fsp3) is 0.536. The molecule has 39 heavy (non-hydrogen) atoms. The number of likely N-dealkylation sites (tertiary alicyclic amines) is 1. The lowest BCUT2D eigenvalue weighted by molar-refractivity contribution is -0.123. The fourth-order valence-electron chi connectivity index (χ4n) is 4.17. The standard InChI is InChI=1S/C28H38N6O4S/c1-18(2)16-22(25(36)30-13-12-29)32-24(35)20-8-6-19(7-9-20)23-17-39-26(33-23)31-21-10-14-34(15-11-21)27(37)38-28(3,4)5/h6-9,17-18,21-22H,10-11,13-16H2,1-5H3,(H,30,36)(H,31,33)(H,32,35)/t22-/m0/s1. The van der Waals surface area contributed by atoms with Crippen LogP contribution >= 0.6 is 11.3 Å². The molecule has 1 saturated heterocycles. The molecule has 1 atom stereocenters. The van der Waals surface area contributed by atoms with Crippen LogP contribution in [0.15, 0.2) is 29.6 Å². The van der Waals surface area contributed by atoms with Gasteiger partial charge in [0.25, 0.3) is 5.91 Å². The highest BCUT2D eigenvalue weighted by atomic mass is 32.1. The average Bonchev–Trinajstić information content (AvgIpc) is 3.34. The molecule has 1 aliphatic heterocycles. The maximum absolute atomic E-state index is 12.8. The first-order valence-corrected chi connectivity index (χ1v) is 14.1. The number of carbonyl (C=O) groups is 3. The third kappa shape index (κ3) is 9.25. The Hall–Kier alpha value is -3.65. The van der Waals surface area contributed by atoms with Gasteiger partial charge in [-0.05, 0) is 58.1 Å². The van der Waals surface area contributed by atoms with Gasteiger partial charge in [-0.2, -0.15) is 5.26 Å². The maximum atomic E-state index is 12.8. The quantitative estimate of drug-likeness (QED) is 0.391. The molecule has 1 aromatic heterocycles. The summed E-state index contributed by atoms with van der Waals surface area (Å²) in [6, 6.07) is 8.47. The minimum Gasteiger partial charge on any atom is -0.444 e. The number of carbonyl (C=O) groups excluding carboxylic acids is 3. The number of benzene rings is 1. The van der Waals surface area contributed by atoms with Gasteiger partial charge in [0.1, 0.15) is 18.2 Å². The molecule has 2 aromatic rings. The molecule has 1 aromatic carbocycles. The summed E-state index contributed by atoms with van der Waals surface area (Å²) in [5.41, 5.74) is 1.61. The van der Waals surface area contributed by atoms with Crippen molar-refractivity contribution in [3.63, 3.8) is 0 Å². The van der Waals surface area contributed by atoms with E-state index in [1.54, 1.807) is 17.0 Å². The van der Waals surface area contributed by atoms with Gasteiger partial charge in [0.2, 0.25) is 5.91 Å². The third-order valence-corrected chi connectivity index (χ3v) is 6.87. The Balaban J connectivity index is 1.55. The number of amides is 3. The van der Waals surface area contributed by atoms with Crippen molar-refractivity contribution in [2.45, 2.75) is 71.6 Å². The van der Waals surface area contributed by atoms with Crippen LogP contribution in [-0.4, -0.2) is 65.1 Å². The summed E-state index contributed by atoms with van der Waals surface area (Å²) in [6.07, 6.45) is 1.82. The van der Waals surface area contributed by atoms with Crippen molar-refractivity contribution < 1.29 is 19.1 Å². The van der Waals surface area contributed by atoms with Crippen LogP contribution in [0.1, 0.15) is 64.2 Å². The van der Waals surface area contributed by atoms with Crippen LogP contribution in [0.5, 0.6) is 0 Å². The Morgan fingerprint density at radius 3 is 2.44 bits per heavy atom. The zero-order valence-electron chi connectivity index (χ0n) is 23.2. The first kappa shape index (κ1) is 29.9. The number of rotatable bonds is 9. The summed E-state index contributed by atoms with van der Waals surface area (Å²) in [5.74, 6) is -0.526. The van der Waals surface area contributed by atoms with Gasteiger partial charge in [0.15, 0.2) is 5.13 Å². The van der Waals surface area contributed by atoms with E-state index in [0.29, 0.717) is 25.1 Å². The van der Waals surface area contributed by atoms with Gasteiger partial charge < -0.3 is 25.6 Å². The van der Waals surface area contributed by atoms with Gasteiger partial charge in [-0.3, -0.25) is 9.59 Å². The first-order chi connectivity index (χ1) is 18.4. The number of hydrogen-bond acceptors (Lipinski definition) is 8. The SMILES string of the molecule is CC(C)C[C@H](NC(=O)c1ccc(-c2csc(NC3CCN(C(=O)OC(C)(C)C)CC3)n2)cc1)C(=O)NCC#N. The van der Waals surface area contributed by atoms with E-state index in [2.05, 4.69) is 16.0 Å². The minimum absolute atomic E-state index is 0.103. The summed E-state index contributed by atoms with van der Waals surface area (Å²) >= 11 is 1.51.